The molecule has 9 nitrogen and oxygen atoms in total. The Morgan fingerprint density at radius 3 is 2.64 bits per heavy atom. The van der Waals surface area contributed by atoms with Crippen molar-refractivity contribution in [3.63, 3.8) is 0 Å². The first-order valence-electron chi connectivity index (χ1n) is 13.9. The molecular formula is C28H34F2N6O3. The monoisotopic (exact) mass is 540 g/mol. The number of hydrogen-bond acceptors (Lipinski definition) is 7. The van der Waals surface area contributed by atoms with Gasteiger partial charge in [-0.05, 0) is 50.8 Å². The van der Waals surface area contributed by atoms with Crippen LogP contribution in [0.3, 0.4) is 0 Å². The SMILES string of the molecule is CCN(C(=O)c1cc(F)ccc1Oc1cncnc1N1CC2(CCN(C(=O)[C@@H]3C[C@@H](F)CN3)CC2)C1)C1CC1. The molecule has 0 bridgehead atoms. The summed E-state index contributed by atoms with van der Waals surface area (Å²) in [6.45, 7) is 5.55. The number of amides is 2. The van der Waals surface area contributed by atoms with Crippen LogP contribution >= 0.6 is 0 Å². The van der Waals surface area contributed by atoms with Crippen LogP contribution in [0, 0.1) is 11.2 Å². The number of benzene rings is 1. The van der Waals surface area contributed by atoms with Gasteiger partial charge in [0.1, 0.15) is 24.1 Å². The molecule has 2 amide bonds. The number of anilines is 1. The van der Waals surface area contributed by atoms with Gasteiger partial charge in [-0.25, -0.2) is 18.7 Å². The number of ether oxygens (including phenoxy) is 1. The lowest BCUT2D eigenvalue weighted by Crippen LogP contribution is -2.62. The highest BCUT2D eigenvalue weighted by atomic mass is 19.1. The van der Waals surface area contributed by atoms with Gasteiger partial charge in [0.2, 0.25) is 5.91 Å². The maximum Gasteiger partial charge on any atom is 0.257 e. The van der Waals surface area contributed by atoms with E-state index in [9.17, 15) is 18.4 Å². The van der Waals surface area contributed by atoms with E-state index in [0.29, 0.717) is 31.2 Å². The molecule has 4 fully saturated rings. The second kappa shape index (κ2) is 10.3. The highest BCUT2D eigenvalue weighted by molar-refractivity contribution is 5.97. The van der Waals surface area contributed by atoms with Gasteiger partial charge >= 0.3 is 0 Å². The quantitative estimate of drug-likeness (QED) is 0.577. The van der Waals surface area contributed by atoms with Crippen molar-refractivity contribution in [2.24, 2.45) is 5.41 Å². The van der Waals surface area contributed by atoms with Gasteiger partial charge in [-0.1, -0.05) is 0 Å². The third-order valence-corrected chi connectivity index (χ3v) is 8.50. The highest BCUT2D eigenvalue weighted by Crippen LogP contribution is 2.45. The van der Waals surface area contributed by atoms with Crippen LogP contribution in [-0.4, -0.2) is 89.1 Å². The molecular weight excluding hydrogens is 506 g/mol. The van der Waals surface area contributed by atoms with Gasteiger partial charge < -0.3 is 24.8 Å². The van der Waals surface area contributed by atoms with Gasteiger partial charge in [0.05, 0.1) is 17.8 Å². The van der Waals surface area contributed by atoms with E-state index in [0.717, 1.165) is 38.8 Å². The Labute approximate surface area is 226 Å². The minimum absolute atomic E-state index is 0.000592. The summed E-state index contributed by atoms with van der Waals surface area (Å²) < 4.78 is 33.9. The van der Waals surface area contributed by atoms with Crippen molar-refractivity contribution < 1.29 is 23.1 Å². The zero-order chi connectivity index (χ0) is 27.1. The van der Waals surface area contributed by atoms with E-state index in [1.807, 2.05) is 11.8 Å². The fraction of sp³-hybridized carbons (Fsp3) is 0.571. The first-order chi connectivity index (χ1) is 18.9. The number of rotatable bonds is 7. The summed E-state index contributed by atoms with van der Waals surface area (Å²) in [4.78, 5) is 40.4. The lowest BCUT2D eigenvalue weighted by Gasteiger charge is -2.54. The van der Waals surface area contributed by atoms with E-state index < -0.39 is 18.0 Å². The van der Waals surface area contributed by atoms with Gasteiger partial charge in [-0.3, -0.25) is 9.59 Å². The van der Waals surface area contributed by atoms with Gasteiger partial charge in [-0.15, -0.1) is 0 Å². The van der Waals surface area contributed by atoms with Gasteiger partial charge in [0.25, 0.3) is 5.91 Å². The first kappa shape index (κ1) is 25.9. The van der Waals surface area contributed by atoms with E-state index in [4.69, 9.17) is 4.74 Å². The minimum Gasteiger partial charge on any atom is -0.451 e. The van der Waals surface area contributed by atoms with Crippen LogP contribution in [0.5, 0.6) is 11.5 Å². The zero-order valence-electron chi connectivity index (χ0n) is 22.1. The third-order valence-electron chi connectivity index (χ3n) is 8.50. The Hall–Kier alpha value is -3.34. The Morgan fingerprint density at radius 1 is 1.21 bits per heavy atom. The van der Waals surface area contributed by atoms with Crippen LogP contribution < -0.4 is 15.0 Å². The average molecular weight is 541 g/mol. The van der Waals surface area contributed by atoms with E-state index in [1.165, 1.54) is 24.5 Å². The molecule has 1 saturated carbocycles. The molecule has 4 heterocycles. The van der Waals surface area contributed by atoms with Crippen molar-refractivity contribution in [1.82, 2.24) is 25.1 Å². The standard InChI is InChI=1S/C28H34F2N6O3/c1-2-36(20-4-5-20)26(37)21-11-18(29)3-6-23(21)39-24-14-31-17-33-25(24)35-15-28(16-35)7-9-34(10-8-28)27(38)22-12-19(30)13-32-22/h3,6,11,14,17,19-20,22,32H,2,4-5,7-10,12-13,15-16H2,1H3/t19-,22+/m1/s1. The number of nitrogens with one attached hydrogen (secondary N) is 1. The third kappa shape index (κ3) is 5.16. The predicted octanol–water partition coefficient (Wildman–Crippen LogP) is 3.16. The predicted molar refractivity (Wildman–Crippen MR) is 140 cm³/mol. The molecule has 4 aliphatic rings. The van der Waals surface area contributed by atoms with Crippen LogP contribution in [0.25, 0.3) is 0 Å². The van der Waals surface area contributed by atoms with Crippen molar-refractivity contribution in [2.45, 2.75) is 57.3 Å². The van der Waals surface area contributed by atoms with Crippen LogP contribution in [0.15, 0.2) is 30.7 Å². The molecule has 2 atom stereocenters. The molecule has 1 aliphatic carbocycles. The molecule has 1 N–H and O–H groups in total. The van der Waals surface area contributed by atoms with E-state index >= 15 is 0 Å². The molecule has 2 aromatic rings. The number of halogens is 2. The fourth-order valence-electron chi connectivity index (χ4n) is 6.14. The summed E-state index contributed by atoms with van der Waals surface area (Å²) in [5, 5.41) is 2.99. The lowest BCUT2D eigenvalue weighted by molar-refractivity contribution is -0.135. The fourth-order valence-corrected chi connectivity index (χ4v) is 6.14. The van der Waals surface area contributed by atoms with Crippen LogP contribution in [-0.2, 0) is 4.79 Å². The van der Waals surface area contributed by atoms with Crippen molar-refractivity contribution in [3.05, 3.63) is 42.1 Å². The number of carbonyl (C=O) groups is 2. The average Bonchev–Trinajstić information content (AvgIpc) is 3.67. The topological polar surface area (TPSA) is 90.9 Å². The van der Waals surface area contributed by atoms with E-state index in [-0.39, 0.29) is 47.5 Å². The van der Waals surface area contributed by atoms with Crippen molar-refractivity contribution >= 4 is 17.6 Å². The molecule has 1 aromatic heterocycles. The molecule has 39 heavy (non-hydrogen) atoms. The number of likely N-dealkylation sites (tertiary alicyclic amines) is 1. The Balaban J connectivity index is 1.12. The normalized spacial score (nSPS) is 24.0. The van der Waals surface area contributed by atoms with Crippen molar-refractivity contribution in [3.8, 4) is 11.5 Å². The smallest absolute Gasteiger partial charge is 0.257 e. The largest absolute Gasteiger partial charge is 0.451 e. The van der Waals surface area contributed by atoms with Crippen molar-refractivity contribution in [2.75, 3.05) is 44.2 Å². The second-order valence-electron chi connectivity index (χ2n) is 11.3. The number of alkyl halides is 1. The number of hydrogen-bond donors (Lipinski definition) is 1. The summed E-state index contributed by atoms with van der Waals surface area (Å²) >= 11 is 0. The summed E-state index contributed by atoms with van der Waals surface area (Å²) in [5.41, 5.74) is 0.264. The van der Waals surface area contributed by atoms with E-state index in [2.05, 4.69) is 20.2 Å². The van der Waals surface area contributed by atoms with Crippen LogP contribution in [0.1, 0.15) is 49.4 Å². The molecule has 3 saturated heterocycles. The molecule has 0 radical (unpaired) electrons. The minimum atomic E-state index is -0.951. The summed E-state index contributed by atoms with van der Waals surface area (Å²) in [6, 6.07) is 3.78. The maximum atomic E-state index is 14.2. The number of piperidine rings is 1. The zero-order valence-corrected chi connectivity index (χ0v) is 22.1. The van der Waals surface area contributed by atoms with Crippen molar-refractivity contribution in [1.29, 1.82) is 0 Å². The van der Waals surface area contributed by atoms with E-state index in [1.54, 1.807) is 11.1 Å². The molecule has 3 aliphatic heterocycles. The summed E-state index contributed by atoms with van der Waals surface area (Å²) in [5.74, 6) is 0.561. The van der Waals surface area contributed by atoms with Crippen LogP contribution in [0.2, 0.25) is 0 Å². The molecule has 0 unspecified atom stereocenters. The lowest BCUT2D eigenvalue weighted by atomic mass is 9.72. The molecule has 6 rings (SSSR count). The second-order valence-corrected chi connectivity index (χ2v) is 11.3. The van der Waals surface area contributed by atoms with Crippen LogP contribution in [0.4, 0.5) is 14.6 Å². The van der Waals surface area contributed by atoms with Gasteiger partial charge in [-0.2, -0.15) is 0 Å². The summed E-state index contributed by atoms with van der Waals surface area (Å²) in [7, 11) is 0. The van der Waals surface area contributed by atoms with Gasteiger partial charge in [0.15, 0.2) is 11.6 Å². The first-order valence-corrected chi connectivity index (χ1v) is 13.9. The molecule has 208 valence electrons. The number of aromatic nitrogens is 2. The molecule has 1 spiro atoms. The maximum absolute atomic E-state index is 14.2. The Bertz CT molecular complexity index is 1240. The highest BCUT2D eigenvalue weighted by Gasteiger charge is 2.47. The molecule has 1 aromatic carbocycles. The molecule has 11 heteroatoms. The number of carbonyl (C=O) groups excluding carboxylic acids is 2. The Kier molecular flexibility index (Phi) is 6.86. The Morgan fingerprint density at radius 2 is 1.97 bits per heavy atom. The number of nitrogens with zero attached hydrogens (tertiary/aromatic N) is 5. The summed E-state index contributed by atoms with van der Waals surface area (Å²) in [6.07, 6.45) is 5.98. The van der Waals surface area contributed by atoms with Gasteiger partial charge in [0, 0.05) is 57.1 Å².